The lowest BCUT2D eigenvalue weighted by Crippen LogP contribution is -2.34. The number of benzene rings is 1. The van der Waals surface area contributed by atoms with E-state index in [9.17, 15) is 19.5 Å². The summed E-state index contributed by atoms with van der Waals surface area (Å²) in [6.45, 7) is 8.50. The first-order chi connectivity index (χ1) is 14.1. The van der Waals surface area contributed by atoms with Gasteiger partial charge in [0.05, 0.1) is 5.69 Å². The van der Waals surface area contributed by atoms with Gasteiger partial charge >= 0.3 is 11.9 Å². The topological polar surface area (TPSA) is 96.3 Å². The van der Waals surface area contributed by atoms with Crippen molar-refractivity contribution in [1.29, 1.82) is 0 Å². The number of hydrogen-bond donors (Lipinski definition) is 1. The Kier molecular flexibility index (Phi) is 6.10. The van der Waals surface area contributed by atoms with Gasteiger partial charge in [0, 0.05) is 35.7 Å². The third-order valence-corrected chi connectivity index (χ3v) is 5.19. The van der Waals surface area contributed by atoms with E-state index in [0.29, 0.717) is 23.2 Å². The molecule has 0 radical (unpaired) electrons. The van der Waals surface area contributed by atoms with E-state index in [1.165, 1.54) is 6.08 Å². The maximum absolute atomic E-state index is 12.9. The molecule has 1 atom stereocenters. The largest absolute Gasteiger partial charge is 0.478 e. The number of carbonyl (C=O) groups is 3. The highest BCUT2D eigenvalue weighted by Crippen LogP contribution is 2.33. The number of fused-ring (bicyclic) bond motifs is 1. The molecular weight excluding hydrogens is 384 g/mol. The average molecular weight is 412 g/mol. The Morgan fingerprint density at radius 3 is 2.43 bits per heavy atom. The summed E-state index contributed by atoms with van der Waals surface area (Å²) >= 11 is 0. The molecule has 0 aromatic heterocycles. The van der Waals surface area contributed by atoms with Crippen molar-refractivity contribution in [3.8, 4) is 0 Å². The Morgan fingerprint density at radius 1 is 1.20 bits per heavy atom. The fourth-order valence-corrected chi connectivity index (χ4v) is 3.76. The average Bonchev–Trinajstić information content (AvgIpc) is 3.14. The van der Waals surface area contributed by atoms with Gasteiger partial charge in [0.2, 0.25) is 0 Å². The molecule has 0 bridgehead atoms. The van der Waals surface area contributed by atoms with Crippen molar-refractivity contribution >= 4 is 35.3 Å². The van der Waals surface area contributed by atoms with Crippen LogP contribution in [0.15, 0.2) is 28.8 Å². The molecule has 1 saturated heterocycles. The minimum atomic E-state index is -1.11. The van der Waals surface area contributed by atoms with Crippen LogP contribution in [0.1, 0.15) is 62.9 Å². The summed E-state index contributed by atoms with van der Waals surface area (Å²) in [6.07, 6.45) is 3.89. The molecule has 2 aliphatic heterocycles. The molecule has 0 saturated carbocycles. The van der Waals surface area contributed by atoms with Crippen molar-refractivity contribution in [3.05, 3.63) is 34.9 Å². The van der Waals surface area contributed by atoms with Gasteiger partial charge in [0.15, 0.2) is 0 Å². The van der Waals surface area contributed by atoms with Crippen LogP contribution < -0.4 is 0 Å². The van der Waals surface area contributed by atoms with E-state index in [1.807, 2.05) is 0 Å². The second-order valence-corrected chi connectivity index (χ2v) is 8.64. The number of esters is 1. The van der Waals surface area contributed by atoms with E-state index < -0.39 is 23.5 Å². The van der Waals surface area contributed by atoms with Crippen LogP contribution in [0.4, 0.5) is 5.69 Å². The third-order valence-electron chi connectivity index (χ3n) is 5.19. The second-order valence-electron chi connectivity index (χ2n) is 8.64. The minimum Gasteiger partial charge on any atom is -0.478 e. The van der Waals surface area contributed by atoms with Crippen molar-refractivity contribution < 1.29 is 24.2 Å². The lowest BCUT2D eigenvalue weighted by molar-refractivity contribution is -0.146. The lowest BCUT2D eigenvalue weighted by Gasteiger charge is -2.23. The maximum Gasteiger partial charge on any atom is 0.353 e. The van der Waals surface area contributed by atoms with E-state index in [4.69, 9.17) is 4.74 Å². The molecule has 1 fully saturated rings. The number of carboxylic acids is 1. The standard InChI is InChI=1S/C23H28N2O5/c1-5-16-17(21(27)28)12-14-8-9-15(20(26)25-10-6-7-11-25)13-18(14)24-19(16)22(29)30-23(2,3)4/h8-9,12-13,16H,5-7,10-11H2,1-4H3,(H,27,28). The van der Waals surface area contributed by atoms with Gasteiger partial charge in [-0.3, -0.25) is 4.79 Å². The van der Waals surface area contributed by atoms with Gasteiger partial charge in [-0.05, 0) is 58.2 Å². The summed E-state index contributed by atoms with van der Waals surface area (Å²) in [5.41, 5.74) is 0.819. The first-order valence-electron chi connectivity index (χ1n) is 10.3. The van der Waals surface area contributed by atoms with Crippen LogP contribution in [0.2, 0.25) is 0 Å². The first-order valence-corrected chi connectivity index (χ1v) is 10.3. The molecule has 0 aliphatic carbocycles. The fraction of sp³-hybridized carbons (Fsp3) is 0.478. The SMILES string of the molecule is CCC1C(C(=O)O)=Cc2ccc(C(=O)N3CCCC3)cc2N=C1C(=O)OC(C)(C)C. The molecule has 7 heteroatoms. The van der Waals surface area contributed by atoms with Crippen LogP contribution in [0, 0.1) is 5.92 Å². The molecule has 0 spiro atoms. The molecule has 1 aromatic carbocycles. The van der Waals surface area contributed by atoms with Crippen LogP contribution in [-0.2, 0) is 14.3 Å². The number of aliphatic carboxylic acids is 1. The number of ether oxygens (including phenoxy) is 1. The number of amides is 1. The van der Waals surface area contributed by atoms with Gasteiger partial charge in [-0.1, -0.05) is 13.0 Å². The summed E-state index contributed by atoms with van der Waals surface area (Å²) < 4.78 is 5.50. The van der Waals surface area contributed by atoms with Crippen molar-refractivity contribution in [1.82, 2.24) is 4.90 Å². The van der Waals surface area contributed by atoms with Crippen molar-refractivity contribution in [2.75, 3.05) is 13.1 Å². The normalized spacial score (nSPS) is 18.8. The Hall–Kier alpha value is -2.96. The third kappa shape index (κ3) is 4.61. The number of likely N-dealkylation sites (tertiary alicyclic amines) is 1. The number of carboxylic acid groups (broad SMARTS) is 1. The van der Waals surface area contributed by atoms with Crippen LogP contribution in [-0.4, -0.2) is 52.3 Å². The molecule has 1 amide bonds. The van der Waals surface area contributed by atoms with E-state index >= 15 is 0 Å². The van der Waals surface area contributed by atoms with Gasteiger partial charge in [0.1, 0.15) is 11.3 Å². The predicted octanol–water partition coefficient (Wildman–Crippen LogP) is 3.84. The Balaban J connectivity index is 2.10. The molecule has 1 N–H and O–H groups in total. The minimum absolute atomic E-state index is 0.0468. The van der Waals surface area contributed by atoms with Gasteiger partial charge in [0.25, 0.3) is 5.91 Å². The molecule has 2 heterocycles. The van der Waals surface area contributed by atoms with Crippen LogP contribution in [0.3, 0.4) is 0 Å². The molecule has 1 unspecified atom stereocenters. The van der Waals surface area contributed by atoms with Crippen molar-refractivity contribution in [2.24, 2.45) is 10.9 Å². The summed E-state index contributed by atoms with van der Waals surface area (Å²) in [5.74, 6) is -2.54. The molecule has 7 nitrogen and oxygen atoms in total. The lowest BCUT2D eigenvalue weighted by atomic mass is 9.90. The van der Waals surface area contributed by atoms with Gasteiger partial charge in [-0.2, -0.15) is 0 Å². The summed E-state index contributed by atoms with van der Waals surface area (Å²) in [4.78, 5) is 44.0. The highest BCUT2D eigenvalue weighted by Gasteiger charge is 2.34. The predicted molar refractivity (Wildman–Crippen MR) is 114 cm³/mol. The zero-order valence-corrected chi connectivity index (χ0v) is 17.9. The highest BCUT2D eigenvalue weighted by molar-refractivity contribution is 6.39. The van der Waals surface area contributed by atoms with Crippen molar-refractivity contribution in [3.63, 3.8) is 0 Å². The van der Waals surface area contributed by atoms with E-state index in [-0.39, 0.29) is 17.2 Å². The summed E-state index contributed by atoms with van der Waals surface area (Å²) in [5, 5.41) is 9.77. The number of aliphatic imine (C=N–C) groups is 1. The van der Waals surface area contributed by atoms with Gasteiger partial charge in [-0.15, -0.1) is 0 Å². The summed E-state index contributed by atoms with van der Waals surface area (Å²) in [7, 11) is 0. The Morgan fingerprint density at radius 2 is 1.87 bits per heavy atom. The molecular formula is C23H28N2O5. The number of rotatable bonds is 4. The highest BCUT2D eigenvalue weighted by atomic mass is 16.6. The number of carbonyl (C=O) groups excluding carboxylic acids is 2. The molecule has 30 heavy (non-hydrogen) atoms. The number of hydrogen-bond acceptors (Lipinski definition) is 5. The summed E-state index contributed by atoms with van der Waals surface area (Å²) in [6, 6.07) is 5.01. The van der Waals surface area contributed by atoms with Crippen LogP contribution in [0.5, 0.6) is 0 Å². The van der Waals surface area contributed by atoms with Gasteiger partial charge < -0.3 is 14.7 Å². The molecule has 160 valence electrons. The molecule has 3 rings (SSSR count). The molecule has 2 aliphatic rings. The van der Waals surface area contributed by atoms with E-state index in [2.05, 4.69) is 4.99 Å². The van der Waals surface area contributed by atoms with E-state index in [0.717, 1.165) is 25.9 Å². The monoisotopic (exact) mass is 412 g/mol. The Labute approximate surface area is 176 Å². The van der Waals surface area contributed by atoms with Crippen LogP contribution >= 0.6 is 0 Å². The maximum atomic E-state index is 12.9. The fourth-order valence-electron chi connectivity index (χ4n) is 3.76. The van der Waals surface area contributed by atoms with Gasteiger partial charge in [-0.25, -0.2) is 14.6 Å². The quantitative estimate of drug-likeness (QED) is 0.758. The van der Waals surface area contributed by atoms with E-state index in [1.54, 1.807) is 50.8 Å². The number of nitrogens with zero attached hydrogens (tertiary/aromatic N) is 2. The smallest absolute Gasteiger partial charge is 0.353 e. The van der Waals surface area contributed by atoms with Crippen LogP contribution in [0.25, 0.3) is 6.08 Å². The molecule has 1 aromatic rings. The second kappa shape index (κ2) is 8.42. The van der Waals surface area contributed by atoms with Crippen molar-refractivity contribution in [2.45, 2.75) is 52.6 Å². The Bertz CT molecular complexity index is 933. The zero-order chi connectivity index (χ0) is 22.1. The first kappa shape index (κ1) is 21.7. The zero-order valence-electron chi connectivity index (χ0n) is 17.9.